The van der Waals surface area contributed by atoms with Crippen LogP contribution >= 0.6 is 0 Å². The van der Waals surface area contributed by atoms with Crippen LogP contribution in [-0.2, 0) is 13.1 Å². The molecule has 0 amide bonds. The van der Waals surface area contributed by atoms with Crippen LogP contribution in [0.15, 0.2) is 85.0 Å². The molecule has 0 radical (unpaired) electrons. The van der Waals surface area contributed by atoms with Gasteiger partial charge in [-0.25, -0.2) is 0 Å². The second-order valence-electron chi connectivity index (χ2n) is 13.9. The van der Waals surface area contributed by atoms with Crippen molar-refractivity contribution in [2.45, 2.75) is 168 Å². The van der Waals surface area contributed by atoms with Gasteiger partial charge in [-0.1, -0.05) is 202 Å². The Labute approximate surface area is 281 Å². The van der Waals surface area contributed by atoms with Crippen LogP contribution in [0.1, 0.15) is 166 Å². The number of rotatable bonds is 30. The highest BCUT2D eigenvalue weighted by molar-refractivity contribution is 5.16. The molecule has 2 aromatic carbocycles. The Morgan fingerprint density at radius 3 is 1.02 bits per heavy atom. The fraction of sp³-hybridized carbons (Fsp3) is 0.636. The maximum atomic E-state index is 2.51. The van der Waals surface area contributed by atoms with Crippen LogP contribution in [0.25, 0.3) is 0 Å². The van der Waals surface area contributed by atoms with E-state index >= 15 is 0 Å². The molecule has 2 rings (SSSR count). The molecule has 1 nitrogen and oxygen atoms in total. The van der Waals surface area contributed by atoms with E-state index in [1.807, 2.05) is 0 Å². The summed E-state index contributed by atoms with van der Waals surface area (Å²) in [6.07, 6.45) is 40.6. The Bertz CT molecular complexity index is 864. The number of benzene rings is 2. The van der Waals surface area contributed by atoms with Crippen molar-refractivity contribution in [1.29, 1.82) is 0 Å². The van der Waals surface area contributed by atoms with E-state index in [0.29, 0.717) is 0 Å². The van der Waals surface area contributed by atoms with Gasteiger partial charge in [0.25, 0.3) is 0 Å². The lowest BCUT2D eigenvalue weighted by Crippen LogP contribution is -2.46. The number of allylic oxidation sites excluding steroid dienone is 2. The van der Waals surface area contributed by atoms with E-state index in [-0.39, 0.29) is 0 Å². The van der Waals surface area contributed by atoms with Crippen molar-refractivity contribution in [3.8, 4) is 0 Å². The second-order valence-corrected chi connectivity index (χ2v) is 13.9. The van der Waals surface area contributed by atoms with Gasteiger partial charge in [0.2, 0.25) is 0 Å². The van der Waals surface area contributed by atoms with E-state index < -0.39 is 0 Å². The van der Waals surface area contributed by atoms with E-state index in [1.165, 1.54) is 152 Å². The summed E-state index contributed by atoms with van der Waals surface area (Å²) in [7, 11) is 0. The zero-order valence-corrected chi connectivity index (χ0v) is 29.9. The normalized spacial score (nSPS) is 12.1. The molecule has 0 N–H and O–H groups in total. The fourth-order valence-electron chi connectivity index (χ4n) is 6.66. The highest BCUT2D eigenvalue weighted by Crippen LogP contribution is 2.22. The summed E-state index contributed by atoms with van der Waals surface area (Å²) >= 11 is 0. The standard InChI is InChI=1S/C44H72N/c1-3-5-7-9-11-13-15-17-19-21-23-25-33-39-45(41-43-35-29-27-30-36-43,42-44-37-31-28-32-38-44)40-34-26-24-22-20-18-16-14-12-10-8-6-4-2/h25-38H,3-24,39-42H2,1-2H3/q+1/b33-25+,34-26+. The highest BCUT2D eigenvalue weighted by atomic mass is 15.3. The minimum atomic E-state index is 1.05. The van der Waals surface area contributed by atoms with Crippen molar-refractivity contribution >= 4 is 0 Å². The van der Waals surface area contributed by atoms with Crippen LogP contribution in [0.5, 0.6) is 0 Å². The average molecular weight is 615 g/mol. The molecule has 0 atom stereocenters. The summed E-state index contributed by atoms with van der Waals surface area (Å²) in [5.41, 5.74) is 2.89. The molecule has 0 heterocycles. The van der Waals surface area contributed by atoms with Crippen molar-refractivity contribution in [1.82, 2.24) is 0 Å². The summed E-state index contributed by atoms with van der Waals surface area (Å²) in [4.78, 5) is 0. The van der Waals surface area contributed by atoms with Crippen LogP contribution in [0, 0.1) is 0 Å². The van der Waals surface area contributed by atoms with Gasteiger partial charge in [0.05, 0.1) is 13.1 Å². The maximum Gasteiger partial charge on any atom is 0.105 e. The van der Waals surface area contributed by atoms with Gasteiger partial charge in [-0.3, -0.25) is 0 Å². The van der Waals surface area contributed by atoms with E-state index in [0.717, 1.165) is 30.7 Å². The van der Waals surface area contributed by atoms with Gasteiger partial charge in [-0.05, 0) is 37.8 Å². The van der Waals surface area contributed by atoms with Gasteiger partial charge in [0, 0.05) is 11.1 Å². The first kappa shape index (κ1) is 39.1. The van der Waals surface area contributed by atoms with Gasteiger partial charge in [0.15, 0.2) is 0 Å². The zero-order valence-electron chi connectivity index (χ0n) is 29.9. The Morgan fingerprint density at radius 1 is 0.378 bits per heavy atom. The molecule has 0 bridgehead atoms. The van der Waals surface area contributed by atoms with Gasteiger partial charge in [0.1, 0.15) is 13.1 Å². The monoisotopic (exact) mass is 615 g/mol. The molecule has 0 saturated heterocycles. The molecule has 2 aromatic rings. The molecule has 0 fully saturated rings. The van der Waals surface area contributed by atoms with Crippen molar-refractivity contribution in [3.63, 3.8) is 0 Å². The zero-order chi connectivity index (χ0) is 31.9. The molecule has 0 aromatic heterocycles. The quantitative estimate of drug-likeness (QED) is 0.0466. The lowest BCUT2D eigenvalue weighted by Gasteiger charge is -2.37. The van der Waals surface area contributed by atoms with Crippen molar-refractivity contribution in [3.05, 3.63) is 96.1 Å². The number of unbranched alkanes of at least 4 members (excludes halogenated alkanes) is 20. The SMILES string of the molecule is CCCCCCCCCCCC/C=C/C[N+](C/C=C/CCCCCCCCCCCC)(Cc1ccccc1)Cc1ccccc1. The lowest BCUT2D eigenvalue weighted by molar-refractivity contribution is -0.943. The van der Waals surface area contributed by atoms with Gasteiger partial charge in [-0.15, -0.1) is 0 Å². The van der Waals surface area contributed by atoms with E-state index in [2.05, 4.69) is 98.8 Å². The van der Waals surface area contributed by atoms with Gasteiger partial charge < -0.3 is 4.48 Å². The van der Waals surface area contributed by atoms with Crippen LogP contribution in [0.4, 0.5) is 0 Å². The van der Waals surface area contributed by atoms with Crippen molar-refractivity contribution < 1.29 is 4.48 Å². The largest absolute Gasteiger partial charge is 0.310 e. The second kappa shape index (κ2) is 28.1. The third-order valence-corrected chi connectivity index (χ3v) is 9.49. The molecule has 0 spiro atoms. The van der Waals surface area contributed by atoms with Gasteiger partial charge >= 0.3 is 0 Å². The summed E-state index contributed by atoms with van der Waals surface area (Å²) in [6, 6.07) is 22.4. The fourth-order valence-corrected chi connectivity index (χ4v) is 6.66. The van der Waals surface area contributed by atoms with Crippen LogP contribution in [-0.4, -0.2) is 17.6 Å². The Balaban J connectivity index is 1.85. The number of hydrogen-bond donors (Lipinski definition) is 0. The molecule has 0 saturated carbocycles. The van der Waals surface area contributed by atoms with Crippen LogP contribution < -0.4 is 0 Å². The molecule has 1 heteroatoms. The first-order valence-corrected chi connectivity index (χ1v) is 19.5. The summed E-state index contributed by atoms with van der Waals surface area (Å²) in [6.45, 7) is 8.92. The molecule has 0 aliphatic carbocycles. The van der Waals surface area contributed by atoms with Crippen LogP contribution in [0.3, 0.4) is 0 Å². The summed E-state index contributed by atoms with van der Waals surface area (Å²) < 4.78 is 1.05. The third kappa shape index (κ3) is 21.3. The van der Waals surface area contributed by atoms with E-state index in [1.54, 1.807) is 0 Å². The Morgan fingerprint density at radius 2 is 0.689 bits per heavy atom. The van der Waals surface area contributed by atoms with Crippen molar-refractivity contribution in [2.75, 3.05) is 13.1 Å². The first-order valence-electron chi connectivity index (χ1n) is 19.5. The van der Waals surface area contributed by atoms with Gasteiger partial charge in [-0.2, -0.15) is 0 Å². The predicted octanol–water partition coefficient (Wildman–Crippen LogP) is 13.9. The predicted molar refractivity (Wildman–Crippen MR) is 201 cm³/mol. The topological polar surface area (TPSA) is 0 Å². The lowest BCUT2D eigenvalue weighted by atomic mass is 10.1. The smallest absolute Gasteiger partial charge is 0.105 e. The van der Waals surface area contributed by atoms with E-state index in [9.17, 15) is 0 Å². The molecular formula is C44H72N+. The number of quaternary nitrogens is 1. The molecule has 45 heavy (non-hydrogen) atoms. The summed E-state index contributed by atoms with van der Waals surface area (Å²) in [5.74, 6) is 0. The van der Waals surface area contributed by atoms with E-state index in [4.69, 9.17) is 0 Å². The Hall–Kier alpha value is -2.12. The molecule has 0 unspecified atom stereocenters. The average Bonchev–Trinajstić information content (AvgIpc) is 3.06. The Kier molecular flexibility index (Phi) is 24.4. The number of nitrogens with zero attached hydrogens (tertiary/aromatic N) is 1. The molecule has 0 aliphatic rings. The minimum Gasteiger partial charge on any atom is -0.310 e. The molecule has 252 valence electrons. The molecule has 0 aliphatic heterocycles. The van der Waals surface area contributed by atoms with Crippen molar-refractivity contribution in [2.24, 2.45) is 0 Å². The maximum absolute atomic E-state index is 2.51. The first-order chi connectivity index (χ1) is 22.3. The summed E-state index contributed by atoms with van der Waals surface area (Å²) in [5, 5.41) is 0. The molecular weight excluding hydrogens is 542 g/mol. The van der Waals surface area contributed by atoms with Crippen LogP contribution in [0.2, 0.25) is 0 Å². The minimum absolute atomic E-state index is 1.05. The number of hydrogen-bond acceptors (Lipinski definition) is 0. The highest BCUT2D eigenvalue weighted by Gasteiger charge is 2.26. The third-order valence-electron chi connectivity index (χ3n) is 9.49.